The third-order valence-electron chi connectivity index (χ3n) is 18.6. The van der Waals surface area contributed by atoms with Gasteiger partial charge in [0.25, 0.3) is 0 Å². The molecule has 6 saturated carbocycles. The minimum Gasteiger partial charge on any atom is -0.459 e. The summed E-state index contributed by atoms with van der Waals surface area (Å²) in [7, 11) is 0. The lowest BCUT2D eigenvalue weighted by atomic mass is 9.46. The number of aliphatic hydroxyl groups excluding tert-OH is 4. The standard InChI is InChI=1S/C46H66O10/c1-23(47)31-11-13-33-29-9-7-25-19-27(49)21-37(45(25,5)35(29)15-17-43(31,33)3)55-41(53)39(51)40(52)42(54)56-38-22-28(50)20-26-8-10-30-34-14-12-32(24(2)48)44(34,4)18-16-36(30)46(26,38)6/h7-8,27-40,49-52H,9-22H2,1-6H3. The van der Waals surface area contributed by atoms with Crippen LogP contribution >= 0.6 is 0 Å². The number of hydrogen-bond donors (Lipinski definition) is 4. The number of hydrogen-bond acceptors (Lipinski definition) is 10. The maximum absolute atomic E-state index is 13.8. The second kappa shape index (κ2) is 14.1. The molecule has 8 rings (SSSR count). The maximum Gasteiger partial charge on any atom is 0.338 e. The number of rotatable bonds is 7. The Morgan fingerprint density at radius 3 is 1.34 bits per heavy atom. The average Bonchev–Trinajstić information content (AvgIpc) is 3.69. The molecule has 8 aliphatic rings. The molecule has 6 fully saturated rings. The van der Waals surface area contributed by atoms with E-state index in [2.05, 4.69) is 39.8 Å². The molecule has 0 aromatic heterocycles. The van der Waals surface area contributed by atoms with E-state index in [1.807, 2.05) is 0 Å². The normalized spacial score (nSPS) is 48.9. The SMILES string of the molecule is CC(=O)C1CCC2C3CC=C4CC(O)CC(OC(=O)C(O)C(O)C(=O)OC5CC(O)CC6=CCC7C8CCC(C(C)=O)C8(C)CCC7C65C)C4(C)C3CCC12C. The Morgan fingerprint density at radius 2 is 0.982 bits per heavy atom. The van der Waals surface area contributed by atoms with Gasteiger partial charge in [-0.3, -0.25) is 9.59 Å². The van der Waals surface area contributed by atoms with Gasteiger partial charge in [0.05, 0.1) is 12.2 Å². The maximum atomic E-state index is 13.8. The lowest BCUT2D eigenvalue weighted by Gasteiger charge is -2.59. The summed E-state index contributed by atoms with van der Waals surface area (Å²) in [6.45, 7) is 12.2. The highest BCUT2D eigenvalue weighted by Gasteiger charge is 2.64. The third-order valence-corrected chi connectivity index (χ3v) is 18.6. The van der Waals surface area contributed by atoms with Crippen LogP contribution in [0.3, 0.4) is 0 Å². The number of allylic oxidation sites excluding steroid dienone is 2. The molecule has 0 saturated heterocycles. The third kappa shape index (κ3) is 5.90. The number of fused-ring (bicyclic) bond motifs is 10. The van der Waals surface area contributed by atoms with Crippen LogP contribution in [0, 0.1) is 69.0 Å². The largest absolute Gasteiger partial charge is 0.459 e. The molecule has 310 valence electrons. The van der Waals surface area contributed by atoms with Crippen molar-refractivity contribution in [3.05, 3.63) is 23.3 Å². The van der Waals surface area contributed by atoms with Crippen molar-refractivity contribution in [1.82, 2.24) is 0 Å². The van der Waals surface area contributed by atoms with Crippen LogP contribution in [0.15, 0.2) is 23.3 Å². The predicted molar refractivity (Wildman–Crippen MR) is 206 cm³/mol. The molecular weight excluding hydrogens is 712 g/mol. The summed E-state index contributed by atoms with van der Waals surface area (Å²) in [6.07, 6.45) is 7.25. The molecule has 0 spiro atoms. The van der Waals surface area contributed by atoms with Gasteiger partial charge in [0.2, 0.25) is 0 Å². The highest BCUT2D eigenvalue weighted by Crippen LogP contribution is 2.68. The highest BCUT2D eigenvalue weighted by molar-refractivity contribution is 5.85. The molecule has 18 atom stereocenters. The fourth-order valence-electron chi connectivity index (χ4n) is 15.7. The zero-order valence-corrected chi connectivity index (χ0v) is 34.4. The number of esters is 2. The molecular formula is C46H66O10. The predicted octanol–water partition coefficient (Wildman–Crippen LogP) is 5.81. The monoisotopic (exact) mass is 778 g/mol. The zero-order valence-electron chi connectivity index (χ0n) is 34.4. The van der Waals surface area contributed by atoms with Crippen LogP contribution in [0.25, 0.3) is 0 Å². The minimum atomic E-state index is -2.20. The number of carbonyl (C=O) groups excluding carboxylic acids is 4. The number of carbonyl (C=O) groups is 4. The highest BCUT2D eigenvalue weighted by atomic mass is 16.6. The van der Waals surface area contributed by atoms with Crippen LogP contribution in [-0.2, 0) is 28.7 Å². The van der Waals surface area contributed by atoms with E-state index in [1.165, 1.54) is 0 Å². The van der Waals surface area contributed by atoms with Gasteiger partial charge in [-0.15, -0.1) is 0 Å². The van der Waals surface area contributed by atoms with Gasteiger partial charge in [-0.1, -0.05) is 51.0 Å². The van der Waals surface area contributed by atoms with Crippen molar-refractivity contribution in [2.24, 2.45) is 69.0 Å². The van der Waals surface area contributed by atoms with Crippen molar-refractivity contribution in [2.75, 3.05) is 0 Å². The smallest absolute Gasteiger partial charge is 0.338 e. The van der Waals surface area contributed by atoms with E-state index in [1.54, 1.807) is 13.8 Å². The van der Waals surface area contributed by atoms with E-state index >= 15 is 0 Å². The molecule has 8 aliphatic carbocycles. The van der Waals surface area contributed by atoms with Crippen molar-refractivity contribution in [3.8, 4) is 0 Å². The molecule has 0 bridgehead atoms. The minimum absolute atomic E-state index is 0.0534. The average molecular weight is 779 g/mol. The van der Waals surface area contributed by atoms with E-state index in [4.69, 9.17) is 9.47 Å². The van der Waals surface area contributed by atoms with Gasteiger partial charge in [0.15, 0.2) is 12.2 Å². The Bertz CT molecular complexity index is 1580. The Kier molecular flexibility index (Phi) is 10.2. The summed E-state index contributed by atoms with van der Waals surface area (Å²) < 4.78 is 12.2. The van der Waals surface area contributed by atoms with E-state index in [9.17, 15) is 39.6 Å². The van der Waals surface area contributed by atoms with Crippen LogP contribution in [0.2, 0.25) is 0 Å². The Hall–Kier alpha value is -2.40. The van der Waals surface area contributed by atoms with Gasteiger partial charge in [0.1, 0.15) is 23.8 Å². The molecule has 0 heterocycles. The first-order chi connectivity index (χ1) is 26.3. The Balaban J connectivity index is 0.976. The van der Waals surface area contributed by atoms with Crippen molar-refractivity contribution in [2.45, 2.75) is 168 Å². The molecule has 0 aliphatic heterocycles. The number of Topliss-reactive ketones (excluding diaryl/α,β-unsaturated/α-hetero) is 2. The summed E-state index contributed by atoms with van der Waals surface area (Å²) in [5.74, 6) is -0.0263. The number of aliphatic hydroxyl groups is 4. The number of ketones is 2. The second-order valence-corrected chi connectivity index (χ2v) is 20.7. The summed E-state index contributed by atoms with van der Waals surface area (Å²) in [5.41, 5.74) is 0.749. The summed E-state index contributed by atoms with van der Waals surface area (Å²) in [5, 5.41) is 44.4. The first kappa shape index (κ1) is 40.4. The lowest BCUT2D eigenvalue weighted by Crippen LogP contribution is -2.58. The van der Waals surface area contributed by atoms with Crippen molar-refractivity contribution < 1.29 is 49.1 Å². The van der Waals surface area contributed by atoms with Crippen LogP contribution < -0.4 is 0 Å². The van der Waals surface area contributed by atoms with E-state index in [0.29, 0.717) is 36.5 Å². The van der Waals surface area contributed by atoms with Crippen molar-refractivity contribution >= 4 is 23.5 Å². The first-order valence-electron chi connectivity index (χ1n) is 21.9. The molecule has 10 nitrogen and oxygen atoms in total. The zero-order chi connectivity index (χ0) is 40.3. The molecule has 10 heteroatoms. The van der Waals surface area contributed by atoms with Gasteiger partial charge in [-0.05, 0) is 137 Å². The van der Waals surface area contributed by atoms with Gasteiger partial charge < -0.3 is 29.9 Å². The first-order valence-corrected chi connectivity index (χ1v) is 21.9. The Labute approximate surface area is 332 Å². The molecule has 0 aromatic carbocycles. The fourth-order valence-corrected chi connectivity index (χ4v) is 15.7. The molecule has 18 unspecified atom stereocenters. The van der Waals surface area contributed by atoms with Crippen molar-refractivity contribution in [1.29, 1.82) is 0 Å². The van der Waals surface area contributed by atoms with Gasteiger partial charge >= 0.3 is 11.9 Å². The van der Waals surface area contributed by atoms with Gasteiger partial charge in [-0.2, -0.15) is 0 Å². The summed E-state index contributed by atoms with van der Waals surface area (Å²) >= 11 is 0. The molecule has 0 aromatic rings. The van der Waals surface area contributed by atoms with Gasteiger partial charge in [0, 0.05) is 35.5 Å². The second-order valence-electron chi connectivity index (χ2n) is 20.7. The van der Waals surface area contributed by atoms with Crippen LogP contribution in [0.4, 0.5) is 0 Å². The molecule has 0 amide bonds. The van der Waals surface area contributed by atoms with E-state index in [0.717, 1.165) is 75.4 Å². The molecule has 4 N–H and O–H groups in total. The topological polar surface area (TPSA) is 168 Å². The van der Waals surface area contributed by atoms with Crippen LogP contribution in [0.1, 0.15) is 131 Å². The number of ether oxygens (including phenoxy) is 2. The lowest BCUT2D eigenvalue weighted by molar-refractivity contribution is -0.195. The van der Waals surface area contributed by atoms with Crippen LogP contribution in [-0.4, -0.2) is 80.6 Å². The van der Waals surface area contributed by atoms with Gasteiger partial charge in [-0.25, -0.2) is 9.59 Å². The van der Waals surface area contributed by atoms with E-state index in [-0.39, 0.29) is 58.9 Å². The Morgan fingerprint density at radius 1 is 0.607 bits per heavy atom. The fraction of sp³-hybridized carbons (Fsp3) is 0.826. The quantitative estimate of drug-likeness (QED) is 0.183. The van der Waals surface area contributed by atoms with Crippen molar-refractivity contribution in [3.63, 3.8) is 0 Å². The van der Waals surface area contributed by atoms with E-state index < -0.39 is 59.4 Å². The summed E-state index contributed by atoms with van der Waals surface area (Å²) in [6, 6.07) is 0. The molecule has 0 radical (unpaired) electrons. The summed E-state index contributed by atoms with van der Waals surface area (Å²) in [4.78, 5) is 52.9. The van der Waals surface area contributed by atoms with Crippen LogP contribution in [0.5, 0.6) is 0 Å². The molecule has 56 heavy (non-hydrogen) atoms.